The lowest BCUT2D eigenvalue weighted by atomic mass is 10.1. The fraction of sp³-hybridized carbons (Fsp3) is 0.400. The summed E-state index contributed by atoms with van der Waals surface area (Å²) in [4.78, 5) is 19.1. The average molecular weight is 388 g/mol. The third-order valence-electron chi connectivity index (χ3n) is 4.93. The SMILES string of the molecule is CCN(c1cc(C(=O)Nc2cc(C)ccc2C)ccn1)C1CCS(=O)(=O)C1. The molecule has 1 atom stereocenters. The van der Waals surface area contributed by atoms with Crippen LogP contribution in [0.5, 0.6) is 0 Å². The van der Waals surface area contributed by atoms with Crippen molar-refractivity contribution in [1.29, 1.82) is 0 Å². The lowest BCUT2D eigenvalue weighted by Crippen LogP contribution is -2.36. The van der Waals surface area contributed by atoms with E-state index in [2.05, 4.69) is 10.3 Å². The Morgan fingerprint density at radius 1 is 1.26 bits per heavy atom. The zero-order valence-electron chi connectivity index (χ0n) is 15.9. The Hall–Kier alpha value is -2.41. The maximum atomic E-state index is 12.7. The number of aryl methyl sites for hydroxylation is 2. The normalized spacial score (nSPS) is 18.3. The number of amides is 1. The second-order valence-corrected chi connectivity index (χ2v) is 9.25. The first kappa shape index (κ1) is 19.4. The second-order valence-electron chi connectivity index (χ2n) is 7.02. The molecule has 1 saturated heterocycles. The van der Waals surface area contributed by atoms with E-state index in [1.165, 1.54) is 0 Å². The van der Waals surface area contributed by atoms with Crippen LogP contribution in [-0.2, 0) is 9.84 Å². The lowest BCUT2D eigenvalue weighted by molar-refractivity contribution is 0.102. The highest BCUT2D eigenvalue weighted by Gasteiger charge is 2.32. The molecule has 1 fully saturated rings. The molecule has 2 aromatic rings. The van der Waals surface area contributed by atoms with E-state index in [-0.39, 0.29) is 23.5 Å². The van der Waals surface area contributed by atoms with Crippen LogP contribution in [0.3, 0.4) is 0 Å². The molecule has 1 N–H and O–H groups in total. The first-order valence-electron chi connectivity index (χ1n) is 9.11. The van der Waals surface area contributed by atoms with E-state index in [0.717, 1.165) is 16.8 Å². The van der Waals surface area contributed by atoms with Gasteiger partial charge in [0.15, 0.2) is 9.84 Å². The number of hydrogen-bond acceptors (Lipinski definition) is 5. The summed E-state index contributed by atoms with van der Waals surface area (Å²) in [7, 11) is -2.98. The summed E-state index contributed by atoms with van der Waals surface area (Å²) in [5, 5.41) is 2.95. The van der Waals surface area contributed by atoms with Crippen molar-refractivity contribution in [3.05, 3.63) is 53.2 Å². The number of carbonyl (C=O) groups excluding carboxylic acids is 1. The van der Waals surface area contributed by atoms with Crippen molar-refractivity contribution in [2.75, 3.05) is 28.3 Å². The number of nitrogens with zero attached hydrogens (tertiary/aromatic N) is 2. The molecule has 0 bridgehead atoms. The first-order valence-corrected chi connectivity index (χ1v) is 10.9. The summed E-state index contributed by atoms with van der Waals surface area (Å²) in [6.07, 6.45) is 2.19. The Kier molecular flexibility index (Phi) is 5.51. The van der Waals surface area contributed by atoms with Gasteiger partial charge in [-0.15, -0.1) is 0 Å². The van der Waals surface area contributed by atoms with Gasteiger partial charge < -0.3 is 10.2 Å². The van der Waals surface area contributed by atoms with Crippen LogP contribution in [0.1, 0.15) is 34.8 Å². The Balaban J connectivity index is 1.82. The second kappa shape index (κ2) is 7.68. The monoisotopic (exact) mass is 387 g/mol. The zero-order chi connectivity index (χ0) is 19.6. The summed E-state index contributed by atoms with van der Waals surface area (Å²) < 4.78 is 23.6. The molecule has 0 aliphatic carbocycles. The predicted molar refractivity (Wildman–Crippen MR) is 108 cm³/mol. The van der Waals surface area contributed by atoms with Gasteiger partial charge in [-0.25, -0.2) is 13.4 Å². The summed E-state index contributed by atoms with van der Waals surface area (Å²) in [6.45, 7) is 6.53. The molecule has 0 saturated carbocycles. The van der Waals surface area contributed by atoms with Crippen LogP contribution in [0.15, 0.2) is 36.5 Å². The van der Waals surface area contributed by atoms with Gasteiger partial charge in [-0.05, 0) is 56.5 Å². The predicted octanol–water partition coefficient (Wildman–Crippen LogP) is 2.96. The van der Waals surface area contributed by atoms with E-state index in [4.69, 9.17) is 0 Å². The molecule has 1 aliphatic rings. The van der Waals surface area contributed by atoms with Crippen LogP contribution in [0.2, 0.25) is 0 Å². The van der Waals surface area contributed by atoms with Crippen molar-refractivity contribution in [3.63, 3.8) is 0 Å². The molecule has 6 nitrogen and oxygen atoms in total. The van der Waals surface area contributed by atoms with E-state index in [9.17, 15) is 13.2 Å². The Labute approximate surface area is 160 Å². The Bertz CT molecular complexity index is 957. The molecule has 144 valence electrons. The number of sulfone groups is 1. The van der Waals surface area contributed by atoms with Gasteiger partial charge in [0.1, 0.15) is 5.82 Å². The van der Waals surface area contributed by atoms with E-state index in [1.54, 1.807) is 18.3 Å². The van der Waals surface area contributed by atoms with Gasteiger partial charge in [0.2, 0.25) is 0 Å². The standard InChI is InChI=1S/C20H25N3O3S/c1-4-23(17-8-10-27(25,26)13-17)19-12-16(7-9-21-19)20(24)22-18-11-14(2)5-6-15(18)3/h5-7,9,11-12,17H,4,8,10,13H2,1-3H3,(H,22,24). The van der Waals surface area contributed by atoms with Crippen molar-refractivity contribution >= 4 is 27.2 Å². The molecule has 1 aliphatic heterocycles. The van der Waals surface area contributed by atoms with Crippen molar-refractivity contribution < 1.29 is 13.2 Å². The van der Waals surface area contributed by atoms with Crippen LogP contribution in [-0.4, -0.2) is 43.4 Å². The fourth-order valence-electron chi connectivity index (χ4n) is 3.41. The van der Waals surface area contributed by atoms with E-state index in [0.29, 0.717) is 24.3 Å². The maximum Gasteiger partial charge on any atom is 0.255 e. The molecule has 3 rings (SSSR count). The van der Waals surface area contributed by atoms with Gasteiger partial charge in [0.05, 0.1) is 11.5 Å². The molecule has 1 amide bonds. The van der Waals surface area contributed by atoms with Gasteiger partial charge in [0.25, 0.3) is 5.91 Å². The molecular weight excluding hydrogens is 362 g/mol. The minimum absolute atomic E-state index is 0.0928. The summed E-state index contributed by atoms with van der Waals surface area (Å²) in [6, 6.07) is 9.23. The van der Waals surface area contributed by atoms with E-state index >= 15 is 0 Å². The number of hydrogen-bond donors (Lipinski definition) is 1. The van der Waals surface area contributed by atoms with Gasteiger partial charge >= 0.3 is 0 Å². The fourth-order valence-corrected chi connectivity index (χ4v) is 5.14. The highest BCUT2D eigenvalue weighted by Crippen LogP contribution is 2.24. The quantitative estimate of drug-likeness (QED) is 0.853. The van der Waals surface area contributed by atoms with E-state index in [1.807, 2.05) is 43.9 Å². The minimum atomic E-state index is -2.98. The van der Waals surface area contributed by atoms with E-state index < -0.39 is 9.84 Å². The molecule has 0 radical (unpaired) electrons. The molecule has 1 aromatic heterocycles. The third kappa shape index (κ3) is 4.47. The Morgan fingerprint density at radius 3 is 2.70 bits per heavy atom. The molecular formula is C20H25N3O3S. The number of carbonyl (C=O) groups is 1. The summed E-state index contributed by atoms with van der Waals surface area (Å²) >= 11 is 0. The van der Waals surface area contributed by atoms with Crippen molar-refractivity contribution in [1.82, 2.24) is 4.98 Å². The van der Waals surface area contributed by atoms with Gasteiger partial charge in [0, 0.05) is 30.0 Å². The van der Waals surface area contributed by atoms with Crippen molar-refractivity contribution in [2.45, 2.75) is 33.2 Å². The molecule has 0 spiro atoms. The molecule has 7 heteroatoms. The number of rotatable bonds is 5. The third-order valence-corrected chi connectivity index (χ3v) is 6.68. The largest absolute Gasteiger partial charge is 0.353 e. The topological polar surface area (TPSA) is 79.4 Å². The van der Waals surface area contributed by atoms with Crippen LogP contribution < -0.4 is 10.2 Å². The van der Waals surface area contributed by atoms with Crippen LogP contribution in [0.4, 0.5) is 11.5 Å². The van der Waals surface area contributed by atoms with Gasteiger partial charge in [-0.3, -0.25) is 4.79 Å². The maximum absolute atomic E-state index is 12.7. The molecule has 1 aromatic carbocycles. The highest BCUT2D eigenvalue weighted by molar-refractivity contribution is 7.91. The highest BCUT2D eigenvalue weighted by atomic mass is 32.2. The smallest absolute Gasteiger partial charge is 0.255 e. The summed E-state index contributed by atoms with van der Waals surface area (Å²) in [5.74, 6) is 0.776. The number of nitrogens with one attached hydrogen (secondary N) is 1. The minimum Gasteiger partial charge on any atom is -0.353 e. The number of anilines is 2. The Morgan fingerprint density at radius 2 is 2.04 bits per heavy atom. The van der Waals surface area contributed by atoms with Crippen LogP contribution in [0.25, 0.3) is 0 Å². The van der Waals surface area contributed by atoms with Crippen LogP contribution in [0, 0.1) is 13.8 Å². The number of aromatic nitrogens is 1. The summed E-state index contributed by atoms with van der Waals surface area (Å²) in [5.41, 5.74) is 3.35. The number of benzene rings is 1. The molecule has 2 heterocycles. The van der Waals surface area contributed by atoms with Gasteiger partial charge in [-0.2, -0.15) is 0 Å². The first-order chi connectivity index (χ1) is 12.8. The number of pyridine rings is 1. The lowest BCUT2D eigenvalue weighted by Gasteiger charge is -2.28. The molecule has 27 heavy (non-hydrogen) atoms. The zero-order valence-corrected chi connectivity index (χ0v) is 16.7. The molecule has 1 unspecified atom stereocenters. The van der Waals surface area contributed by atoms with Crippen molar-refractivity contribution in [2.24, 2.45) is 0 Å². The average Bonchev–Trinajstić information content (AvgIpc) is 2.98. The van der Waals surface area contributed by atoms with Gasteiger partial charge in [-0.1, -0.05) is 12.1 Å². The van der Waals surface area contributed by atoms with Crippen LogP contribution >= 0.6 is 0 Å². The van der Waals surface area contributed by atoms with Crippen molar-refractivity contribution in [3.8, 4) is 0 Å².